The van der Waals surface area contributed by atoms with Crippen LogP contribution >= 0.6 is 11.3 Å². The fourth-order valence-electron chi connectivity index (χ4n) is 3.83. The summed E-state index contributed by atoms with van der Waals surface area (Å²) in [6, 6.07) is 8.62. The summed E-state index contributed by atoms with van der Waals surface area (Å²) in [7, 11) is 1.96. The molecule has 0 aliphatic carbocycles. The van der Waals surface area contributed by atoms with E-state index in [0.29, 0.717) is 13.1 Å². The number of rotatable bonds is 6. The summed E-state index contributed by atoms with van der Waals surface area (Å²) < 4.78 is 0. The van der Waals surface area contributed by atoms with Crippen molar-refractivity contribution >= 4 is 22.9 Å². The summed E-state index contributed by atoms with van der Waals surface area (Å²) in [6.07, 6.45) is 0. The number of likely N-dealkylation sites (N-methyl/N-ethyl adjacent to an activating group) is 1. The summed E-state index contributed by atoms with van der Waals surface area (Å²) in [5.74, 6) is -0.00524. The molecule has 3 aromatic rings. The predicted molar refractivity (Wildman–Crippen MR) is 127 cm³/mol. The third-order valence-corrected chi connectivity index (χ3v) is 6.26. The Bertz CT molecular complexity index is 1060. The van der Waals surface area contributed by atoms with Crippen molar-refractivity contribution in [3.8, 4) is 11.3 Å². The van der Waals surface area contributed by atoms with Crippen molar-refractivity contribution in [1.29, 1.82) is 0 Å². The number of nitrogens with zero attached hydrogens (tertiary/aromatic N) is 2. The molecule has 0 saturated heterocycles. The molecule has 158 valence electrons. The molecule has 0 aliphatic rings. The number of aryl methyl sites for hydroxylation is 6. The van der Waals surface area contributed by atoms with E-state index in [1.165, 1.54) is 27.8 Å². The maximum Gasteiger partial charge on any atom is 0.238 e. The van der Waals surface area contributed by atoms with E-state index in [1.54, 1.807) is 11.3 Å². The van der Waals surface area contributed by atoms with Crippen molar-refractivity contribution < 1.29 is 4.79 Å². The molecule has 0 aliphatic heterocycles. The van der Waals surface area contributed by atoms with Gasteiger partial charge in [-0.05, 0) is 82.5 Å². The molecule has 3 rings (SSSR count). The maximum atomic E-state index is 12.6. The lowest BCUT2D eigenvalue weighted by atomic mass is 9.99. The molecule has 4 nitrogen and oxygen atoms in total. The van der Waals surface area contributed by atoms with Gasteiger partial charge in [-0.3, -0.25) is 9.69 Å². The summed E-state index contributed by atoms with van der Waals surface area (Å²) in [4.78, 5) is 19.4. The van der Waals surface area contributed by atoms with E-state index in [4.69, 9.17) is 4.98 Å². The number of hydrogen-bond donors (Lipinski definition) is 1. The van der Waals surface area contributed by atoms with Gasteiger partial charge in [0.15, 0.2) is 0 Å². The van der Waals surface area contributed by atoms with E-state index >= 15 is 0 Å². The van der Waals surface area contributed by atoms with Gasteiger partial charge in [-0.2, -0.15) is 0 Å². The lowest BCUT2D eigenvalue weighted by Crippen LogP contribution is -2.30. The van der Waals surface area contributed by atoms with Crippen molar-refractivity contribution in [3.05, 3.63) is 68.0 Å². The number of benzene rings is 2. The molecule has 2 aromatic carbocycles. The van der Waals surface area contributed by atoms with Gasteiger partial charge in [0.2, 0.25) is 5.91 Å². The van der Waals surface area contributed by atoms with Crippen LogP contribution in [0.1, 0.15) is 38.4 Å². The van der Waals surface area contributed by atoms with Crippen LogP contribution in [0, 0.1) is 41.5 Å². The van der Waals surface area contributed by atoms with E-state index in [1.807, 2.05) is 25.8 Å². The Morgan fingerprint density at radius 2 is 1.57 bits per heavy atom. The molecule has 30 heavy (non-hydrogen) atoms. The second kappa shape index (κ2) is 9.11. The molecule has 1 aromatic heterocycles. The second-order valence-corrected chi connectivity index (χ2v) is 9.31. The molecule has 1 amide bonds. The Kier molecular flexibility index (Phi) is 6.74. The van der Waals surface area contributed by atoms with Crippen molar-refractivity contribution in [3.63, 3.8) is 0 Å². The molecule has 0 saturated carbocycles. The molecule has 0 atom stereocenters. The summed E-state index contributed by atoms with van der Waals surface area (Å²) >= 11 is 1.64. The number of amides is 1. The van der Waals surface area contributed by atoms with Gasteiger partial charge in [-0.25, -0.2) is 4.98 Å². The first kappa shape index (κ1) is 22.2. The van der Waals surface area contributed by atoms with Crippen LogP contribution in [0.4, 0.5) is 5.69 Å². The number of carbonyl (C=O) groups excluding carboxylic acids is 1. The summed E-state index contributed by atoms with van der Waals surface area (Å²) in [5, 5.41) is 6.20. The highest BCUT2D eigenvalue weighted by atomic mass is 32.1. The quantitative estimate of drug-likeness (QED) is 0.553. The molecular weight excluding hydrogens is 390 g/mol. The lowest BCUT2D eigenvalue weighted by molar-refractivity contribution is -0.117. The zero-order valence-electron chi connectivity index (χ0n) is 19.0. The van der Waals surface area contributed by atoms with Crippen LogP contribution in [-0.4, -0.2) is 29.4 Å². The lowest BCUT2D eigenvalue weighted by Gasteiger charge is -2.17. The average molecular weight is 422 g/mol. The van der Waals surface area contributed by atoms with E-state index in [2.05, 4.69) is 62.7 Å². The van der Waals surface area contributed by atoms with Crippen LogP contribution in [0.2, 0.25) is 0 Å². The van der Waals surface area contributed by atoms with E-state index in [-0.39, 0.29) is 5.91 Å². The Hall–Kier alpha value is -2.50. The maximum absolute atomic E-state index is 12.6. The van der Waals surface area contributed by atoms with Crippen molar-refractivity contribution in [2.24, 2.45) is 0 Å². The number of anilines is 1. The van der Waals surface area contributed by atoms with E-state index < -0.39 is 0 Å². The number of nitrogens with one attached hydrogen (secondary N) is 1. The Labute approximate surface area is 184 Å². The van der Waals surface area contributed by atoms with Gasteiger partial charge >= 0.3 is 0 Å². The topological polar surface area (TPSA) is 45.2 Å². The molecular formula is C25H31N3OS. The molecule has 1 heterocycles. The fourth-order valence-corrected chi connectivity index (χ4v) is 4.71. The van der Waals surface area contributed by atoms with Gasteiger partial charge in [-0.15, -0.1) is 11.3 Å². The molecule has 0 unspecified atom stereocenters. The highest BCUT2D eigenvalue weighted by molar-refractivity contribution is 7.09. The molecule has 5 heteroatoms. The number of hydrogen-bond acceptors (Lipinski definition) is 4. The normalized spacial score (nSPS) is 11.2. The first-order valence-corrected chi connectivity index (χ1v) is 11.1. The van der Waals surface area contributed by atoms with E-state index in [0.717, 1.165) is 27.5 Å². The molecule has 0 radical (unpaired) electrons. The zero-order chi connectivity index (χ0) is 22.0. The van der Waals surface area contributed by atoms with Crippen LogP contribution in [0.25, 0.3) is 11.3 Å². The minimum atomic E-state index is -0.00524. The Morgan fingerprint density at radius 3 is 2.23 bits per heavy atom. The highest BCUT2D eigenvalue weighted by Crippen LogP contribution is 2.28. The fraction of sp³-hybridized carbons (Fsp3) is 0.360. The minimum Gasteiger partial charge on any atom is -0.324 e. The summed E-state index contributed by atoms with van der Waals surface area (Å²) in [5.41, 5.74) is 10.3. The average Bonchev–Trinajstić information content (AvgIpc) is 3.09. The third kappa shape index (κ3) is 5.15. The van der Waals surface area contributed by atoms with Crippen LogP contribution in [0.3, 0.4) is 0 Å². The Morgan fingerprint density at radius 1 is 0.933 bits per heavy atom. The number of thiazole rings is 1. The van der Waals surface area contributed by atoms with Gasteiger partial charge < -0.3 is 5.32 Å². The van der Waals surface area contributed by atoms with Crippen LogP contribution < -0.4 is 5.32 Å². The van der Waals surface area contributed by atoms with Crippen LogP contribution in [-0.2, 0) is 11.3 Å². The van der Waals surface area contributed by atoms with Gasteiger partial charge in [0.1, 0.15) is 5.01 Å². The first-order chi connectivity index (χ1) is 14.1. The Balaban J connectivity index is 1.64. The highest BCUT2D eigenvalue weighted by Gasteiger charge is 2.14. The van der Waals surface area contributed by atoms with Gasteiger partial charge in [0, 0.05) is 16.6 Å². The smallest absolute Gasteiger partial charge is 0.238 e. The van der Waals surface area contributed by atoms with Crippen LogP contribution in [0.5, 0.6) is 0 Å². The van der Waals surface area contributed by atoms with Crippen molar-refractivity contribution in [2.45, 2.75) is 48.1 Å². The minimum absolute atomic E-state index is 0.00524. The largest absolute Gasteiger partial charge is 0.324 e. The van der Waals surface area contributed by atoms with Crippen molar-refractivity contribution in [1.82, 2.24) is 9.88 Å². The zero-order valence-corrected chi connectivity index (χ0v) is 19.8. The van der Waals surface area contributed by atoms with Gasteiger partial charge in [0.05, 0.1) is 18.8 Å². The molecule has 0 spiro atoms. The first-order valence-electron chi connectivity index (χ1n) is 10.2. The SMILES string of the molecule is Cc1cc(C)c(NC(=O)CN(C)Cc2nc(-c3cc(C)c(C)cc3C)cs2)c(C)c1. The number of aromatic nitrogens is 1. The second-order valence-electron chi connectivity index (χ2n) is 8.37. The van der Waals surface area contributed by atoms with E-state index in [9.17, 15) is 4.79 Å². The van der Waals surface area contributed by atoms with Crippen molar-refractivity contribution in [2.75, 3.05) is 18.9 Å². The third-order valence-electron chi connectivity index (χ3n) is 5.43. The molecule has 1 N–H and O–H groups in total. The summed E-state index contributed by atoms with van der Waals surface area (Å²) in [6.45, 7) is 13.5. The molecule has 0 fully saturated rings. The number of carbonyl (C=O) groups is 1. The predicted octanol–water partition coefficient (Wildman–Crippen LogP) is 5.73. The van der Waals surface area contributed by atoms with Crippen LogP contribution in [0.15, 0.2) is 29.6 Å². The standard InChI is InChI=1S/C25H31N3OS/c1-15-8-19(5)25(20(6)9-15)27-23(29)12-28(7)13-24-26-22(14-30-24)21-11-17(3)16(2)10-18(21)4/h8-11,14H,12-13H2,1-7H3,(H,27,29). The monoisotopic (exact) mass is 421 g/mol. The van der Waals surface area contributed by atoms with Gasteiger partial charge in [0.25, 0.3) is 0 Å². The van der Waals surface area contributed by atoms with Gasteiger partial charge in [-0.1, -0.05) is 23.8 Å². The molecule has 0 bridgehead atoms.